The van der Waals surface area contributed by atoms with Crippen molar-refractivity contribution in [1.29, 1.82) is 0 Å². The largest absolute Gasteiger partial charge is 0.427 e. The zero-order valence-electron chi connectivity index (χ0n) is 12.6. The third-order valence-corrected chi connectivity index (χ3v) is 3.79. The van der Waals surface area contributed by atoms with Crippen LogP contribution in [0.2, 0.25) is 0 Å². The van der Waals surface area contributed by atoms with Crippen molar-refractivity contribution in [2.75, 3.05) is 12.4 Å². The van der Waals surface area contributed by atoms with E-state index in [1.807, 2.05) is 7.05 Å². The normalized spacial score (nSPS) is 15.3. The molecule has 1 aliphatic rings. The Balaban J connectivity index is 1.96. The van der Waals surface area contributed by atoms with Gasteiger partial charge in [-0.25, -0.2) is 4.79 Å². The van der Waals surface area contributed by atoms with Crippen LogP contribution in [0.25, 0.3) is 0 Å². The molecule has 0 aromatic heterocycles. The first-order chi connectivity index (χ1) is 10.1. The maximum absolute atomic E-state index is 12.3. The number of benzene rings is 1. The first-order valence-electron chi connectivity index (χ1n) is 7.38. The Morgan fingerprint density at radius 1 is 1.24 bits per heavy atom. The van der Waals surface area contributed by atoms with Gasteiger partial charge in [0.05, 0.1) is 0 Å². The second kappa shape index (κ2) is 7.11. The molecule has 1 N–H and O–H groups in total. The van der Waals surface area contributed by atoms with E-state index in [-0.39, 0.29) is 12.0 Å². The van der Waals surface area contributed by atoms with E-state index in [1.165, 1.54) is 26.2 Å². The smallest absolute Gasteiger partial charge is 0.321 e. The highest BCUT2D eigenvalue weighted by Gasteiger charge is 2.22. The molecule has 5 nitrogen and oxygen atoms in total. The minimum atomic E-state index is -0.377. The van der Waals surface area contributed by atoms with Crippen LogP contribution < -0.4 is 10.1 Å². The summed E-state index contributed by atoms with van der Waals surface area (Å²) in [4.78, 5) is 25.0. The number of esters is 1. The van der Waals surface area contributed by atoms with Crippen molar-refractivity contribution >= 4 is 17.7 Å². The Kier molecular flexibility index (Phi) is 5.20. The van der Waals surface area contributed by atoms with Crippen LogP contribution in [-0.2, 0) is 4.79 Å². The van der Waals surface area contributed by atoms with E-state index in [9.17, 15) is 9.59 Å². The number of hydrogen-bond acceptors (Lipinski definition) is 3. The third kappa shape index (κ3) is 4.48. The summed E-state index contributed by atoms with van der Waals surface area (Å²) in [6.45, 7) is 1.35. The highest BCUT2D eigenvalue weighted by atomic mass is 16.5. The number of ether oxygens (including phenoxy) is 1. The predicted molar refractivity (Wildman–Crippen MR) is 81.4 cm³/mol. The first-order valence-corrected chi connectivity index (χ1v) is 7.38. The Bertz CT molecular complexity index is 510. The van der Waals surface area contributed by atoms with Crippen LogP contribution >= 0.6 is 0 Å². The van der Waals surface area contributed by atoms with E-state index < -0.39 is 0 Å². The maximum Gasteiger partial charge on any atom is 0.321 e. The van der Waals surface area contributed by atoms with Crippen molar-refractivity contribution < 1.29 is 14.3 Å². The van der Waals surface area contributed by atoms with Gasteiger partial charge in [-0.2, -0.15) is 0 Å². The molecule has 1 aromatic carbocycles. The molecule has 0 saturated heterocycles. The van der Waals surface area contributed by atoms with E-state index in [1.54, 1.807) is 29.2 Å². The van der Waals surface area contributed by atoms with Gasteiger partial charge < -0.3 is 15.0 Å². The highest BCUT2D eigenvalue weighted by molar-refractivity contribution is 5.89. The average Bonchev–Trinajstić information content (AvgIpc) is 2.47. The van der Waals surface area contributed by atoms with E-state index in [4.69, 9.17) is 4.74 Å². The Labute approximate surface area is 125 Å². The van der Waals surface area contributed by atoms with Gasteiger partial charge in [0.15, 0.2) is 0 Å². The minimum absolute atomic E-state index is 0.123. The molecule has 1 fully saturated rings. The number of carbonyl (C=O) groups excluding carboxylic acids is 2. The van der Waals surface area contributed by atoms with Crippen LogP contribution in [0.3, 0.4) is 0 Å². The monoisotopic (exact) mass is 290 g/mol. The molecule has 21 heavy (non-hydrogen) atoms. The Hall–Kier alpha value is -2.04. The van der Waals surface area contributed by atoms with Crippen molar-refractivity contribution in [1.82, 2.24) is 4.90 Å². The minimum Gasteiger partial charge on any atom is -0.427 e. The lowest BCUT2D eigenvalue weighted by atomic mass is 9.95. The topological polar surface area (TPSA) is 58.6 Å². The van der Waals surface area contributed by atoms with Crippen molar-refractivity contribution in [3.8, 4) is 5.75 Å². The molecule has 0 bridgehead atoms. The molecule has 2 amide bonds. The molecule has 0 aliphatic heterocycles. The summed E-state index contributed by atoms with van der Waals surface area (Å²) in [5.74, 6) is 0.0541. The van der Waals surface area contributed by atoms with Crippen LogP contribution in [0.5, 0.6) is 5.75 Å². The molecule has 0 spiro atoms. The predicted octanol–water partition coefficient (Wildman–Crippen LogP) is 3.41. The number of anilines is 1. The summed E-state index contributed by atoms with van der Waals surface area (Å²) >= 11 is 0. The van der Waals surface area contributed by atoms with Crippen LogP contribution in [0.1, 0.15) is 39.0 Å². The van der Waals surface area contributed by atoms with Gasteiger partial charge in [0.1, 0.15) is 5.75 Å². The molecule has 5 heteroatoms. The molecule has 1 saturated carbocycles. The fourth-order valence-electron chi connectivity index (χ4n) is 2.65. The zero-order valence-corrected chi connectivity index (χ0v) is 12.6. The zero-order chi connectivity index (χ0) is 15.2. The van der Waals surface area contributed by atoms with Crippen molar-refractivity contribution in [2.24, 2.45) is 0 Å². The molecule has 0 radical (unpaired) electrons. The molecular weight excluding hydrogens is 268 g/mol. The number of urea groups is 1. The fraction of sp³-hybridized carbons (Fsp3) is 0.500. The summed E-state index contributed by atoms with van der Waals surface area (Å²) in [5, 5.41) is 2.85. The standard InChI is InChI=1S/C16H22N2O3/c1-12(19)21-15-10-6-7-13(11-15)17-16(20)18(2)14-8-4-3-5-9-14/h6-7,10-11,14H,3-5,8-9H2,1-2H3,(H,17,20). The molecule has 0 heterocycles. The van der Waals surface area contributed by atoms with Gasteiger partial charge in [0, 0.05) is 31.8 Å². The van der Waals surface area contributed by atoms with Crippen molar-refractivity contribution in [2.45, 2.75) is 45.1 Å². The van der Waals surface area contributed by atoms with E-state index in [2.05, 4.69) is 5.32 Å². The van der Waals surface area contributed by atoms with Gasteiger partial charge in [0.2, 0.25) is 0 Å². The fourth-order valence-corrected chi connectivity index (χ4v) is 2.65. The summed E-state index contributed by atoms with van der Waals surface area (Å²) in [6, 6.07) is 7.04. The number of amides is 2. The highest BCUT2D eigenvalue weighted by Crippen LogP contribution is 2.23. The maximum atomic E-state index is 12.3. The molecular formula is C16H22N2O3. The number of nitrogens with one attached hydrogen (secondary N) is 1. The number of carbonyl (C=O) groups is 2. The lowest BCUT2D eigenvalue weighted by Gasteiger charge is -2.31. The summed E-state index contributed by atoms with van der Waals surface area (Å²) in [6.07, 6.45) is 5.76. The average molecular weight is 290 g/mol. The molecule has 114 valence electrons. The van der Waals surface area contributed by atoms with Crippen molar-refractivity contribution in [3.63, 3.8) is 0 Å². The van der Waals surface area contributed by atoms with E-state index >= 15 is 0 Å². The van der Waals surface area contributed by atoms with Crippen LogP contribution in [-0.4, -0.2) is 30.0 Å². The van der Waals surface area contributed by atoms with Crippen molar-refractivity contribution in [3.05, 3.63) is 24.3 Å². The Morgan fingerprint density at radius 3 is 2.62 bits per heavy atom. The number of rotatable bonds is 3. The van der Waals surface area contributed by atoms with Gasteiger partial charge in [-0.15, -0.1) is 0 Å². The summed E-state index contributed by atoms with van der Waals surface area (Å²) < 4.78 is 5.01. The van der Waals surface area contributed by atoms with Gasteiger partial charge in [-0.3, -0.25) is 4.79 Å². The molecule has 0 unspecified atom stereocenters. The van der Waals surface area contributed by atoms with Gasteiger partial charge in [-0.1, -0.05) is 25.3 Å². The summed E-state index contributed by atoms with van der Waals surface area (Å²) in [7, 11) is 1.83. The van der Waals surface area contributed by atoms with Gasteiger partial charge in [0.25, 0.3) is 0 Å². The Morgan fingerprint density at radius 2 is 1.95 bits per heavy atom. The molecule has 1 aromatic rings. The van der Waals surface area contributed by atoms with E-state index in [0.717, 1.165) is 12.8 Å². The van der Waals surface area contributed by atoms with Gasteiger partial charge >= 0.3 is 12.0 Å². The summed E-state index contributed by atoms with van der Waals surface area (Å²) in [5.41, 5.74) is 0.626. The SMILES string of the molecule is CC(=O)Oc1cccc(NC(=O)N(C)C2CCCCC2)c1. The lowest BCUT2D eigenvalue weighted by molar-refractivity contribution is -0.131. The van der Waals surface area contributed by atoms with E-state index in [0.29, 0.717) is 17.5 Å². The van der Waals surface area contributed by atoms with Gasteiger partial charge in [-0.05, 0) is 25.0 Å². The molecule has 2 rings (SSSR count). The van der Waals surface area contributed by atoms with Crippen LogP contribution in [0, 0.1) is 0 Å². The number of nitrogens with zero attached hydrogens (tertiary/aromatic N) is 1. The van der Waals surface area contributed by atoms with Crippen LogP contribution in [0.4, 0.5) is 10.5 Å². The number of hydrogen-bond donors (Lipinski definition) is 1. The first kappa shape index (κ1) is 15.4. The lowest BCUT2D eigenvalue weighted by Crippen LogP contribution is -2.40. The molecule has 1 aliphatic carbocycles. The quantitative estimate of drug-likeness (QED) is 0.685. The second-order valence-electron chi connectivity index (χ2n) is 5.45. The third-order valence-electron chi connectivity index (χ3n) is 3.79. The second-order valence-corrected chi connectivity index (χ2v) is 5.45. The molecule has 0 atom stereocenters. The van der Waals surface area contributed by atoms with Crippen LogP contribution in [0.15, 0.2) is 24.3 Å².